The van der Waals surface area contributed by atoms with Crippen LogP contribution >= 0.6 is 0 Å². The van der Waals surface area contributed by atoms with Gasteiger partial charge in [-0.15, -0.1) is 0 Å². The highest BCUT2D eigenvalue weighted by molar-refractivity contribution is 7.85. The fraction of sp³-hybridized carbons (Fsp3) is 0.400. The van der Waals surface area contributed by atoms with E-state index in [1.165, 1.54) is 12.1 Å². The molecule has 1 unspecified atom stereocenters. The Morgan fingerprint density at radius 2 is 1.69 bits per heavy atom. The molecule has 0 heterocycles. The summed E-state index contributed by atoms with van der Waals surface area (Å²) in [5.74, 6) is 0. The summed E-state index contributed by atoms with van der Waals surface area (Å²) in [5, 5.41) is 8.24. The van der Waals surface area contributed by atoms with Crippen LogP contribution in [0.1, 0.15) is 12.5 Å². The third kappa shape index (κ3) is 6.52. The lowest BCUT2D eigenvalue weighted by Gasteiger charge is -1.95. The molecule has 0 saturated heterocycles. The minimum atomic E-state index is -4.02. The summed E-state index contributed by atoms with van der Waals surface area (Å²) in [6, 6.07) is 5.99. The van der Waals surface area contributed by atoms with Crippen LogP contribution in [0, 0.1) is 6.92 Å². The third-order valence-corrected chi connectivity index (χ3v) is 2.53. The van der Waals surface area contributed by atoms with E-state index < -0.39 is 10.1 Å². The summed E-state index contributed by atoms with van der Waals surface area (Å²) in [7, 11) is -4.02. The molecule has 1 rings (SSSR count). The molecule has 0 bridgehead atoms. The third-order valence-electron chi connectivity index (χ3n) is 1.66. The fourth-order valence-corrected chi connectivity index (χ4v) is 1.19. The van der Waals surface area contributed by atoms with Crippen LogP contribution in [-0.4, -0.2) is 30.7 Å². The number of nitrogens with two attached hydrogens (primary N) is 1. The average Bonchev–Trinajstić information content (AvgIpc) is 2.18. The zero-order valence-electron chi connectivity index (χ0n) is 9.29. The zero-order chi connectivity index (χ0) is 12.8. The Morgan fingerprint density at radius 3 is 1.94 bits per heavy atom. The fourth-order valence-electron chi connectivity index (χ4n) is 0.710. The first-order valence-corrected chi connectivity index (χ1v) is 6.13. The molecular weight excluding hydrogens is 230 g/mol. The Kier molecular flexibility index (Phi) is 6.20. The molecule has 1 atom stereocenters. The van der Waals surface area contributed by atoms with Gasteiger partial charge in [-0.1, -0.05) is 17.7 Å². The van der Waals surface area contributed by atoms with Gasteiger partial charge < -0.3 is 10.8 Å². The Balaban J connectivity index is 0.000000385. The van der Waals surface area contributed by atoms with Crippen molar-refractivity contribution in [1.82, 2.24) is 0 Å². The molecule has 0 aromatic heterocycles. The summed E-state index contributed by atoms with van der Waals surface area (Å²) in [4.78, 5) is -0.0666. The van der Waals surface area contributed by atoms with E-state index in [9.17, 15) is 8.42 Å². The molecule has 0 radical (unpaired) electrons. The molecule has 5 nitrogen and oxygen atoms in total. The molecule has 1 aromatic rings. The minimum Gasteiger partial charge on any atom is -0.392 e. The highest BCUT2D eigenvalue weighted by Gasteiger charge is 2.06. The van der Waals surface area contributed by atoms with E-state index in [0.29, 0.717) is 6.54 Å². The van der Waals surface area contributed by atoms with Crippen LogP contribution in [0.2, 0.25) is 0 Å². The second kappa shape index (κ2) is 6.59. The number of aliphatic hydroxyl groups excluding tert-OH is 1. The van der Waals surface area contributed by atoms with E-state index in [-0.39, 0.29) is 11.0 Å². The lowest BCUT2D eigenvalue weighted by molar-refractivity contribution is 0.203. The van der Waals surface area contributed by atoms with Crippen molar-refractivity contribution in [3.63, 3.8) is 0 Å². The van der Waals surface area contributed by atoms with E-state index in [1.807, 2.05) is 6.92 Å². The van der Waals surface area contributed by atoms with Gasteiger partial charge in [0.1, 0.15) is 0 Å². The predicted octanol–water partition coefficient (Wildman–Crippen LogP) is 0.568. The summed E-state index contributed by atoms with van der Waals surface area (Å²) in [6.45, 7) is 3.85. The van der Waals surface area contributed by atoms with Crippen LogP contribution in [0.5, 0.6) is 0 Å². The smallest absolute Gasteiger partial charge is 0.294 e. The van der Waals surface area contributed by atoms with Gasteiger partial charge >= 0.3 is 0 Å². The SMILES string of the molecule is CC(O)CN.Cc1ccc(S(=O)(=O)O)cc1. The molecule has 1 aromatic carbocycles. The van der Waals surface area contributed by atoms with Crippen molar-refractivity contribution in [3.05, 3.63) is 29.8 Å². The number of benzene rings is 1. The van der Waals surface area contributed by atoms with Gasteiger partial charge in [0.25, 0.3) is 10.1 Å². The second-order valence-corrected chi connectivity index (χ2v) is 4.79. The molecule has 0 amide bonds. The minimum absolute atomic E-state index is 0.0666. The Labute approximate surface area is 95.7 Å². The maximum Gasteiger partial charge on any atom is 0.294 e. The first-order valence-electron chi connectivity index (χ1n) is 4.69. The van der Waals surface area contributed by atoms with Crippen molar-refractivity contribution in [3.8, 4) is 0 Å². The van der Waals surface area contributed by atoms with Crippen molar-refractivity contribution in [2.75, 3.05) is 6.54 Å². The maximum absolute atomic E-state index is 10.5. The number of aliphatic hydroxyl groups is 1. The average molecular weight is 247 g/mol. The number of aryl methyl sites for hydroxylation is 1. The van der Waals surface area contributed by atoms with Crippen LogP contribution in [0.3, 0.4) is 0 Å². The summed E-state index contributed by atoms with van der Waals surface area (Å²) in [6.07, 6.45) is -0.338. The summed E-state index contributed by atoms with van der Waals surface area (Å²) >= 11 is 0. The number of hydrogen-bond acceptors (Lipinski definition) is 4. The van der Waals surface area contributed by atoms with Gasteiger partial charge in [-0.2, -0.15) is 8.42 Å². The first kappa shape index (κ1) is 15.0. The van der Waals surface area contributed by atoms with Gasteiger partial charge in [-0.3, -0.25) is 4.55 Å². The molecule has 0 aliphatic carbocycles. The Morgan fingerprint density at radius 1 is 1.31 bits per heavy atom. The van der Waals surface area contributed by atoms with Crippen LogP contribution in [0.25, 0.3) is 0 Å². The molecule has 0 aliphatic rings. The van der Waals surface area contributed by atoms with Crippen molar-refractivity contribution in [2.45, 2.75) is 24.8 Å². The van der Waals surface area contributed by atoms with Crippen molar-refractivity contribution in [1.29, 1.82) is 0 Å². The second-order valence-electron chi connectivity index (χ2n) is 3.37. The molecule has 4 N–H and O–H groups in total. The van der Waals surface area contributed by atoms with Crippen LogP contribution in [-0.2, 0) is 10.1 Å². The van der Waals surface area contributed by atoms with Crippen molar-refractivity contribution >= 4 is 10.1 Å². The van der Waals surface area contributed by atoms with E-state index in [1.54, 1.807) is 19.1 Å². The monoisotopic (exact) mass is 247 g/mol. The van der Waals surface area contributed by atoms with E-state index in [0.717, 1.165) is 5.56 Å². The van der Waals surface area contributed by atoms with Crippen LogP contribution in [0.4, 0.5) is 0 Å². The number of hydrogen-bond donors (Lipinski definition) is 3. The molecule has 6 heteroatoms. The van der Waals surface area contributed by atoms with Crippen molar-refractivity contribution in [2.24, 2.45) is 5.73 Å². The normalized spacial score (nSPS) is 12.6. The van der Waals surface area contributed by atoms with E-state index >= 15 is 0 Å². The quantitative estimate of drug-likeness (QED) is 0.663. The Hall–Kier alpha value is -0.950. The highest BCUT2D eigenvalue weighted by Crippen LogP contribution is 2.08. The maximum atomic E-state index is 10.5. The van der Waals surface area contributed by atoms with E-state index in [2.05, 4.69) is 0 Å². The molecule has 0 saturated carbocycles. The molecule has 16 heavy (non-hydrogen) atoms. The number of rotatable bonds is 2. The molecule has 0 aliphatic heterocycles. The molecule has 0 fully saturated rings. The van der Waals surface area contributed by atoms with Gasteiger partial charge in [0.05, 0.1) is 11.0 Å². The topological polar surface area (TPSA) is 101 Å². The van der Waals surface area contributed by atoms with Gasteiger partial charge in [0.15, 0.2) is 0 Å². The van der Waals surface area contributed by atoms with E-state index in [4.69, 9.17) is 15.4 Å². The lowest BCUT2D eigenvalue weighted by Crippen LogP contribution is -2.14. The first-order chi connectivity index (χ1) is 7.27. The largest absolute Gasteiger partial charge is 0.392 e. The van der Waals surface area contributed by atoms with Gasteiger partial charge in [-0.05, 0) is 26.0 Å². The molecular formula is C10H17NO4S. The van der Waals surface area contributed by atoms with Crippen molar-refractivity contribution < 1.29 is 18.1 Å². The summed E-state index contributed by atoms with van der Waals surface area (Å²) < 4.78 is 29.6. The van der Waals surface area contributed by atoms with Gasteiger partial charge in [0, 0.05) is 6.54 Å². The zero-order valence-corrected chi connectivity index (χ0v) is 10.1. The standard InChI is InChI=1S/C7H8O3S.C3H9NO/c1-6-2-4-7(5-3-6)11(8,9)10;1-3(5)2-4/h2-5H,1H3,(H,8,9,10);3,5H,2,4H2,1H3. The molecule has 0 spiro atoms. The van der Waals surface area contributed by atoms with Gasteiger partial charge in [-0.25, -0.2) is 0 Å². The lowest BCUT2D eigenvalue weighted by atomic mass is 10.2. The van der Waals surface area contributed by atoms with Crippen LogP contribution in [0.15, 0.2) is 29.2 Å². The summed E-state index contributed by atoms with van der Waals surface area (Å²) in [5.41, 5.74) is 5.88. The highest BCUT2D eigenvalue weighted by atomic mass is 32.2. The molecule has 92 valence electrons. The predicted molar refractivity (Wildman–Crippen MR) is 61.7 cm³/mol. The van der Waals surface area contributed by atoms with Gasteiger partial charge in [0.2, 0.25) is 0 Å². The Bertz CT molecular complexity index is 397. The van der Waals surface area contributed by atoms with Crippen LogP contribution < -0.4 is 5.73 Å².